The Morgan fingerprint density at radius 1 is 0.543 bits per heavy atom. The van der Waals surface area contributed by atoms with Crippen LogP contribution in [0.3, 0.4) is 0 Å². The summed E-state index contributed by atoms with van der Waals surface area (Å²) in [5.74, 6) is -1.24. The average molecular weight is 655 g/mol. The van der Waals surface area contributed by atoms with Gasteiger partial charge in [0.1, 0.15) is 0 Å². The fraction of sp³-hybridized carbons (Fsp3) is 0.778. The Balaban J connectivity index is 2.68. The summed E-state index contributed by atoms with van der Waals surface area (Å²) in [6, 6.07) is 6.21. The van der Waals surface area contributed by atoms with E-state index < -0.39 is 49.7 Å². The largest absolute Gasteiger partial charge is 0.432 e. The van der Waals surface area contributed by atoms with Gasteiger partial charge < -0.3 is 37.9 Å². The standard InChI is InChI=1S/C36H62O10/c1-9-13-15-17-24-39-27(5)41-29(7)43-33(20-11-3)45-35(37)31-22-19-23-32(26-31)36(38)46-34(21-12-4)44-30(8)42-28(6)40-25-18-16-14-10-2/h19,22-23,26-30,33-34H,9-18,20-21,24-25H2,1-8H3. The van der Waals surface area contributed by atoms with Crippen molar-refractivity contribution in [1.82, 2.24) is 0 Å². The highest BCUT2D eigenvalue weighted by Gasteiger charge is 2.23. The number of carbonyl (C=O) groups is 2. The molecule has 266 valence electrons. The SMILES string of the molecule is CCCCCCOC(C)OC(C)OC(CCC)OC(=O)c1cccc(C(=O)OC(CCC)OC(C)OC(C)OCCCCCC)c1. The molecule has 1 aromatic carbocycles. The molecule has 0 aromatic heterocycles. The third kappa shape index (κ3) is 19.6. The molecule has 0 fully saturated rings. The molecule has 1 aromatic rings. The number of hydrogen-bond acceptors (Lipinski definition) is 10. The van der Waals surface area contributed by atoms with E-state index >= 15 is 0 Å². The zero-order valence-electron chi connectivity index (χ0n) is 29.8. The van der Waals surface area contributed by atoms with Gasteiger partial charge in [-0.3, -0.25) is 0 Å². The number of ether oxygens (including phenoxy) is 8. The van der Waals surface area contributed by atoms with E-state index in [-0.39, 0.29) is 11.1 Å². The summed E-state index contributed by atoms with van der Waals surface area (Å²) < 4.78 is 46.1. The first-order valence-electron chi connectivity index (χ1n) is 17.5. The Kier molecular flexibility index (Phi) is 23.7. The quantitative estimate of drug-likeness (QED) is 0.0494. The lowest BCUT2D eigenvalue weighted by molar-refractivity contribution is -0.275. The van der Waals surface area contributed by atoms with Gasteiger partial charge in [-0.05, 0) is 58.7 Å². The van der Waals surface area contributed by atoms with Crippen molar-refractivity contribution >= 4 is 11.9 Å². The summed E-state index contributed by atoms with van der Waals surface area (Å²) in [7, 11) is 0. The minimum Gasteiger partial charge on any atom is -0.432 e. The van der Waals surface area contributed by atoms with Crippen LogP contribution in [0.1, 0.15) is 153 Å². The van der Waals surface area contributed by atoms with Crippen LogP contribution in [0, 0.1) is 0 Å². The molecular formula is C36H62O10. The molecule has 6 atom stereocenters. The van der Waals surface area contributed by atoms with Crippen molar-refractivity contribution in [2.24, 2.45) is 0 Å². The highest BCUT2D eigenvalue weighted by atomic mass is 16.8. The molecular weight excluding hydrogens is 592 g/mol. The van der Waals surface area contributed by atoms with E-state index in [1.807, 2.05) is 27.7 Å². The lowest BCUT2D eigenvalue weighted by Gasteiger charge is -2.25. The van der Waals surface area contributed by atoms with Gasteiger partial charge in [0.05, 0.1) is 11.1 Å². The van der Waals surface area contributed by atoms with Gasteiger partial charge >= 0.3 is 11.9 Å². The predicted octanol–water partition coefficient (Wildman–Crippen LogP) is 8.90. The highest BCUT2D eigenvalue weighted by molar-refractivity contribution is 5.95. The summed E-state index contributed by atoms with van der Waals surface area (Å²) in [4.78, 5) is 26.1. The fourth-order valence-electron chi connectivity index (χ4n) is 4.60. The minimum absolute atomic E-state index is 0.200. The molecule has 10 heteroatoms. The molecule has 10 nitrogen and oxygen atoms in total. The number of hydrogen-bond donors (Lipinski definition) is 0. The molecule has 0 radical (unpaired) electrons. The Morgan fingerprint density at radius 2 is 0.957 bits per heavy atom. The maximum Gasteiger partial charge on any atom is 0.340 e. The second kappa shape index (κ2) is 25.9. The van der Waals surface area contributed by atoms with E-state index in [1.165, 1.54) is 31.7 Å². The first kappa shape index (κ1) is 41.9. The molecule has 0 spiro atoms. The zero-order chi connectivity index (χ0) is 34.2. The fourth-order valence-corrected chi connectivity index (χ4v) is 4.60. The van der Waals surface area contributed by atoms with Crippen LogP contribution < -0.4 is 0 Å². The van der Waals surface area contributed by atoms with E-state index in [9.17, 15) is 9.59 Å². The third-order valence-corrected chi connectivity index (χ3v) is 7.01. The summed E-state index contributed by atoms with van der Waals surface area (Å²) in [6.07, 6.45) is 7.45. The topological polar surface area (TPSA) is 108 Å². The first-order chi connectivity index (χ1) is 22.1. The molecule has 6 unspecified atom stereocenters. The van der Waals surface area contributed by atoms with Crippen molar-refractivity contribution in [2.45, 2.75) is 170 Å². The molecule has 0 bridgehead atoms. The number of rotatable bonds is 28. The van der Waals surface area contributed by atoms with Gasteiger partial charge in [-0.1, -0.05) is 85.1 Å². The van der Waals surface area contributed by atoms with Crippen LogP contribution >= 0.6 is 0 Å². The maximum absolute atomic E-state index is 13.1. The Bertz CT molecular complexity index is 857. The molecule has 0 aliphatic heterocycles. The molecule has 46 heavy (non-hydrogen) atoms. The monoisotopic (exact) mass is 654 g/mol. The maximum atomic E-state index is 13.1. The van der Waals surface area contributed by atoms with Crippen LogP contribution in [0.2, 0.25) is 0 Å². The van der Waals surface area contributed by atoms with Gasteiger partial charge in [0, 0.05) is 26.1 Å². The van der Waals surface area contributed by atoms with E-state index in [0.717, 1.165) is 38.5 Å². The molecule has 0 aliphatic rings. The first-order valence-corrected chi connectivity index (χ1v) is 17.5. The molecule has 0 amide bonds. The third-order valence-electron chi connectivity index (χ3n) is 7.01. The average Bonchev–Trinajstić information content (AvgIpc) is 3.00. The second-order valence-electron chi connectivity index (χ2n) is 11.5. The van der Waals surface area contributed by atoms with Gasteiger partial charge in [0.2, 0.25) is 12.6 Å². The highest BCUT2D eigenvalue weighted by Crippen LogP contribution is 2.17. The summed E-state index contributed by atoms with van der Waals surface area (Å²) in [5, 5.41) is 0. The summed E-state index contributed by atoms with van der Waals surface area (Å²) in [5.41, 5.74) is 0.400. The van der Waals surface area contributed by atoms with Crippen molar-refractivity contribution in [1.29, 1.82) is 0 Å². The van der Waals surface area contributed by atoms with Gasteiger partial charge in [0.25, 0.3) is 0 Å². The minimum atomic E-state index is -0.827. The van der Waals surface area contributed by atoms with Crippen LogP contribution in [0.5, 0.6) is 0 Å². The normalized spacial score (nSPS) is 15.5. The summed E-state index contributed by atoms with van der Waals surface area (Å²) in [6.45, 7) is 16.6. The van der Waals surface area contributed by atoms with E-state index in [1.54, 1.807) is 32.0 Å². The molecule has 0 heterocycles. The van der Waals surface area contributed by atoms with Gasteiger partial charge in [-0.15, -0.1) is 0 Å². The Hall–Kier alpha value is -2.08. The van der Waals surface area contributed by atoms with Crippen molar-refractivity contribution < 1.29 is 47.5 Å². The molecule has 0 saturated heterocycles. The zero-order valence-corrected chi connectivity index (χ0v) is 29.8. The number of unbranched alkanes of at least 4 members (excludes halogenated alkanes) is 6. The smallest absolute Gasteiger partial charge is 0.340 e. The Morgan fingerprint density at radius 3 is 1.33 bits per heavy atom. The van der Waals surface area contributed by atoms with Crippen LogP contribution in [-0.4, -0.2) is 62.9 Å². The van der Waals surface area contributed by atoms with Gasteiger partial charge in [-0.25, -0.2) is 9.59 Å². The van der Waals surface area contributed by atoms with Gasteiger partial charge in [-0.2, -0.15) is 0 Å². The molecule has 1 rings (SSSR count). The number of carbonyl (C=O) groups excluding carboxylic acids is 2. The lowest BCUT2D eigenvalue weighted by atomic mass is 10.1. The van der Waals surface area contributed by atoms with Crippen LogP contribution in [0.15, 0.2) is 24.3 Å². The second-order valence-corrected chi connectivity index (χ2v) is 11.5. The van der Waals surface area contributed by atoms with E-state index in [4.69, 9.17) is 37.9 Å². The van der Waals surface area contributed by atoms with Crippen molar-refractivity contribution in [3.8, 4) is 0 Å². The van der Waals surface area contributed by atoms with Crippen molar-refractivity contribution in [3.05, 3.63) is 35.4 Å². The molecule has 0 aliphatic carbocycles. The van der Waals surface area contributed by atoms with E-state index in [0.29, 0.717) is 26.1 Å². The predicted molar refractivity (Wildman–Crippen MR) is 177 cm³/mol. The molecule has 0 saturated carbocycles. The van der Waals surface area contributed by atoms with Crippen LogP contribution in [-0.2, 0) is 37.9 Å². The lowest BCUT2D eigenvalue weighted by Crippen LogP contribution is -2.30. The number of benzene rings is 1. The van der Waals surface area contributed by atoms with Gasteiger partial charge in [0.15, 0.2) is 25.2 Å². The van der Waals surface area contributed by atoms with Crippen molar-refractivity contribution in [2.75, 3.05) is 13.2 Å². The molecule has 0 N–H and O–H groups in total. The van der Waals surface area contributed by atoms with Crippen molar-refractivity contribution in [3.63, 3.8) is 0 Å². The van der Waals surface area contributed by atoms with E-state index in [2.05, 4.69) is 13.8 Å². The summed E-state index contributed by atoms with van der Waals surface area (Å²) >= 11 is 0. The van der Waals surface area contributed by atoms with Crippen LogP contribution in [0.4, 0.5) is 0 Å². The van der Waals surface area contributed by atoms with Crippen LogP contribution in [0.25, 0.3) is 0 Å². The Labute approximate surface area is 278 Å². The number of esters is 2.